The van der Waals surface area contributed by atoms with E-state index < -0.39 is 17.6 Å². The molecule has 0 aliphatic heterocycles. The summed E-state index contributed by atoms with van der Waals surface area (Å²) in [6.07, 6.45) is 1.44. The fraction of sp³-hybridized carbons (Fsp3) is 0.412. The van der Waals surface area contributed by atoms with Crippen molar-refractivity contribution < 1.29 is 17.6 Å². The van der Waals surface area contributed by atoms with Crippen LogP contribution in [0.1, 0.15) is 24.5 Å². The average Bonchev–Trinajstić information content (AvgIpc) is 3.09. The third-order valence-corrected chi connectivity index (χ3v) is 3.57. The highest BCUT2D eigenvalue weighted by Gasteiger charge is 2.33. The summed E-state index contributed by atoms with van der Waals surface area (Å²) < 4.78 is 54.2. The number of halogens is 5. The Morgan fingerprint density at radius 3 is 2.67 bits per heavy atom. The number of alkyl halides is 3. The van der Waals surface area contributed by atoms with E-state index in [1.54, 1.807) is 12.5 Å². The number of imidazole rings is 1. The molecule has 0 radical (unpaired) electrons. The number of guanidine groups is 1. The molecule has 0 spiro atoms. The molecule has 2 rings (SSSR count). The van der Waals surface area contributed by atoms with Gasteiger partial charge in [0, 0.05) is 32.0 Å². The SMILES string of the molecule is CCNC(=NCc1ccc(F)cc1C(F)(F)F)NCCCn1ccnc1.I. The van der Waals surface area contributed by atoms with Crippen molar-refractivity contribution in [2.24, 2.45) is 4.99 Å². The zero-order chi connectivity index (χ0) is 19.0. The highest BCUT2D eigenvalue weighted by molar-refractivity contribution is 14.0. The number of nitrogens with zero attached hydrogens (tertiary/aromatic N) is 3. The molecule has 10 heteroatoms. The van der Waals surface area contributed by atoms with Crippen molar-refractivity contribution in [2.75, 3.05) is 13.1 Å². The maximum absolute atomic E-state index is 13.2. The Labute approximate surface area is 172 Å². The number of benzene rings is 1. The molecule has 27 heavy (non-hydrogen) atoms. The van der Waals surface area contributed by atoms with Gasteiger partial charge in [0.2, 0.25) is 0 Å². The zero-order valence-corrected chi connectivity index (χ0v) is 17.1. The molecule has 0 bridgehead atoms. The summed E-state index contributed by atoms with van der Waals surface area (Å²) in [5.41, 5.74) is -1.08. The van der Waals surface area contributed by atoms with Gasteiger partial charge in [-0.05, 0) is 31.0 Å². The molecule has 0 aliphatic carbocycles. The lowest BCUT2D eigenvalue weighted by Gasteiger charge is -2.14. The van der Waals surface area contributed by atoms with Crippen molar-refractivity contribution in [2.45, 2.75) is 32.6 Å². The molecule has 0 saturated heterocycles. The number of hydrogen-bond donors (Lipinski definition) is 2. The number of rotatable bonds is 7. The fourth-order valence-corrected chi connectivity index (χ4v) is 2.34. The van der Waals surface area contributed by atoms with Crippen LogP contribution in [0, 0.1) is 5.82 Å². The summed E-state index contributed by atoms with van der Waals surface area (Å²) >= 11 is 0. The summed E-state index contributed by atoms with van der Waals surface area (Å²) in [5, 5.41) is 6.05. The number of aliphatic imine (C=N–C) groups is 1. The van der Waals surface area contributed by atoms with Crippen LogP contribution in [-0.2, 0) is 19.3 Å². The molecule has 0 aliphatic rings. The summed E-state index contributed by atoms with van der Waals surface area (Å²) in [6.45, 7) is 3.60. The highest BCUT2D eigenvalue weighted by Crippen LogP contribution is 2.32. The van der Waals surface area contributed by atoms with Crippen LogP contribution in [0.3, 0.4) is 0 Å². The van der Waals surface area contributed by atoms with Crippen LogP contribution in [0.5, 0.6) is 0 Å². The standard InChI is InChI=1S/C17H21F4N5.HI/c1-2-23-16(24-6-3-8-26-9-7-22-12-26)25-11-13-4-5-14(18)10-15(13)17(19,20)21;/h4-5,7,9-10,12H,2-3,6,8,11H2,1H3,(H2,23,24,25);1H. The van der Waals surface area contributed by atoms with Gasteiger partial charge in [0.25, 0.3) is 0 Å². The lowest BCUT2D eigenvalue weighted by Crippen LogP contribution is -2.38. The van der Waals surface area contributed by atoms with E-state index in [9.17, 15) is 17.6 Å². The van der Waals surface area contributed by atoms with E-state index in [1.807, 2.05) is 17.7 Å². The topological polar surface area (TPSA) is 54.2 Å². The Morgan fingerprint density at radius 1 is 1.26 bits per heavy atom. The molecule has 1 aromatic carbocycles. The molecule has 0 atom stereocenters. The van der Waals surface area contributed by atoms with Crippen LogP contribution in [0.2, 0.25) is 0 Å². The first-order chi connectivity index (χ1) is 12.4. The molecule has 1 heterocycles. The summed E-state index contributed by atoms with van der Waals surface area (Å²) in [6, 6.07) is 2.62. The van der Waals surface area contributed by atoms with Crippen molar-refractivity contribution in [1.82, 2.24) is 20.2 Å². The Bertz CT molecular complexity index is 717. The van der Waals surface area contributed by atoms with E-state index >= 15 is 0 Å². The van der Waals surface area contributed by atoms with Crippen LogP contribution < -0.4 is 10.6 Å². The predicted octanol–water partition coefficient (Wildman–Crippen LogP) is 3.80. The Kier molecular flexibility index (Phi) is 9.53. The fourth-order valence-electron chi connectivity index (χ4n) is 2.34. The van der Waals surface area contributed by atoms with Gasteiger partial charge in [0.15, 0.2) is 5.96 Å². The number of nitrogens with one attached hydrogen (secondary N) is 2. The van der Waals surface area contributed by atoms with Crippen molar-refractivity contribution in [3.8, 4) is 0 Å². The molecular formula is C17H22F4IN5. The van der Waals surface area contributed by atoms with Crippen LogP contribution >= 0.6 is 24.0 Å². The average molecular weight is 499 g/mol. The van der Waals surface area contributed by atoms with Crippen molar-refractivity contribution in [1.29, 1.82) is 0 Å². The van der Waals surface area contributed by atoms with Gasteiger partial charge < -0.3 is 15.2 Å². The first kappa shape index (κ1) is 23.2. The molecule has 150 valence electrons. The van der Waals surface area contributed by atoms with E-state index in [0.717, 1.165) is 25.1 Å². The van der Waals surface area contributed by atoms with Crippen LogP contribution in [0.4, 0.5) is 17.6 Å². The second kappa shape index (κ2) is 11.1. The van der Waals surface area contributed by atoms with Gasteiger partial charge >= 0.3 is 6.18 Å². The lowest BCUT2D eigenvalue weighted by atomic mass is 10.1. The number of aryl methyl sites for hydroxylation is 1. The monoisotopic (exact) mass is 499 g/mol. The van der Waals surface area contributed by atoms with E-state index in [-0.39, 0.29) is 36.1 Å². The first-order valence-electron chi connectivity index (χ1n) is 8.23. The maximum atomic E-state index is 13.2. The molecule has 0 amide bonds. The molecular weight excluding hydrogens is 477 g/mol. The summed E-state index contributed by atoms with van der Waals surface area (Å²) in [4.78, 5) is 8.13. The van der Waals surface area contributed by atoms with Gasteiger partial charge in [-0.3, -0.25) is 0 Å². The van der Waals surface area contributed by atoms with E-state index in [4.69, 9.17) is 0 Å². The third-order valence-electron chi connectivity index (χ3n) is 3.57. The molecule has 0 fully saturated rings. The summed E-state index contributed by atoms with van der Waals surface area (Å²) in [5.74, 6) is -0.509. The Morgan fingerprint density at radius 2 is 2.04 bits per heavy atom. The zero-order valence-electron chi connectivity index (χ0n) is 14.8. The summed E-state index contributed by atoms with van der Waals surface area (Å²) in [7, 11) is 0. The molecule has 0 unspecified atom stereocenters. The van der Waals surface area contributed by atoms with Gasteiger partial charge in [-0.1, -0.05) is 6.07 Å². The Hall–Kier alpha value is -1.85. The lowest BCUT2D eigenvalue weighted by molar-refractivity contribution is -0.138. The highest BCUT2D eigenvalue weighted by atomic mass is 127. The van der Waals surface area contributed by atoms with Gasteiger partial charge in [-0.25, -0.2) is 14.4 Å². The molecule has 1 aromatic heterocycles. The van der Waals surface area contributed by atoms with Gasteiger partial charge in [0.1, 0.15) is 5.82 Å². The second-order valence-corrected chi connectivity index (χ2v) is 5.58. The van der Waals surface area contributed by atoms with Crippen LogP contribution in [-0.4, -0.2) is 28.6 Å². The number of aromatic nitrogens is 2. The minimum Gasteiger partial charge on any atom is -0.357 e. The smallest absolute Gasteiger partial charge is 0.357 e. The molecule has 2 N–H and O–H groups in total. The van der Waals surface area contributed by atoms with Crippen molar-refractivity contribution >= 4 is 29.9 Å². The largest absolute Gasteiger partial charge is 0.416 e. The van der Waals surface area contributed by atoms with Gasteiger partial charge in [-0.2, -0.15) is 13.2 Å². The quantitative estimate of drug-likeness (QED) is 0.201. The van der Waals surface area contributed by atoms with Crippen LogP contribution in [0.15, 0.2) is 41.9 Å². The molecule has 0 saturated carbocycles. The van der Waals surface area contributed by atoms with Crippen molar-refractivity contribution in [3.63, 3.8) is 0 Å². The van der Waals surface area contributed by atoms with E-state index in [1.165, 1.54) is 0 Å². The van der Waals surface area contributed by atoms with Crippen molar-refractivity contribution in [3.05, 3.63) is 53.9 Å². The Balaban J connectivity index is 0.00000364. The minimum atomic E-state index is -4.62. The first-order valence-corrected chi connectivity index (χ1v) is 8.23. The minimum absolute atomic E-state index is 0. The van der Waals surface area contributed by atoms with Gasteiger partial charge in [0.05, 0.1) is 18.4 Å². The molecule has 5 nitrogen and oxygen atoms in total. The predicted molar refractivity (Wildman–Crippen MR) is 106 cm³/mol. The normalized spacial score (nSPS) is 11.8. The maximum Gasteiger partial charge on any atom is 0.416 e. The second-order valence-electron chi connectivity index (χ2n) is 5.58. The third kappa shape index (κ3) is 7.73. The number of hydrogen-bond acceptors (Lipinski definition) is 2. The van der Waals surface area contributed by atoms with Gasteiger partial charge in [-0.15, -0.1) is 24.0 Å². The van der Waals surface area contributed by atoms with E-state index in [2.05, 4.69) is 20.6 Å². The van der Waals surface area contributed by atoms with Crippen LogP contribution in [0.25, 0.3) is 0 Å². The van der Waals surface area contributed by atoms with E-state index in [0.29, 0.717) is 25.1 Å². The molecule has 2 aromatic rings.